The van der Waals surface area contributed by atoms with Gasteiger partial charge < -0.3 is 5.11 Å². The van der Waals surface area contributed by atoms with Crippen LogP contribution in [-0.4, -0.2) is 20.3 Å². The van der Waals surface area contributed by atoms with Gasteiger partial charge in [0.05, 0.1) is 0 Å². The molecule has 2 rings (SSSR count). The van der Waals surface area contributed by atoms with E-state index in [1.807, 2.05) is 0 Å². The molecule has 1 aromatic heterocycles. The van der Waals surface area contributed by atoms with Gasteiger partial charge in [-0.1, -0.05) is 13.3 Å². The SMILES string of the molecule is CC1CCCC1c1n[nH]c(CO)n1. The minimum Gasteiger partial charge on any atom is -0.388 e. The van der Waals surface area contributed by atoms with Gasteiger partial charge in [-0.3, -0.25) is 5.10 Å². The summed E-state index contributed by atoms with van der Waals surface area (Å²) in [5.74, 6) is 2.64. The number of aromatic nitrogens is 3. The van der Waals surface area contributed by atoms with Crippen molar-refractivity contribution < 1.29 is 5.11 Å². The fourth-order valence-electron chi connectivity index (χ4n) is 2.08. The Bertz CT molecular complexity index is 284. The molecule has 0 spiro atoms. The first-order valence-electron chi connectivity index (χ1n) is 4.83. The zero-order chi connectivity index (χ0) is 9.26. The number of aromatic amines is 1. The first kappa shape index (κ1) is 8.69. The largest absolute Gasteiger partial charge is 0.388 e. The molecule has 1 fully saturated rings. The van der Waals surface area contributed by atoms with Crippen LogP contribution in [0.4, 0.5) is 0 Å². The lowest BCUT2D eigenvalue weighted by Gasteiger charge is -2.09. The lowest BCUT2D eigenvalue weighted by atomic mass is 9.98. The van der Waals surface area contributed by atoms with Crippen LogP contribution in [0, 0.1) is 5.92 Å². The molecule has 2 N–H and O–H groups in total. The number of aliphatic hydroxyl groups is 1. The van der Waals surface area contributed by atoms with E-state index >= 15 is 0 Å². The third-order valence-corrected chi connectivity index (χ3v) is 2.89. The summed E-state index contributed by atoms with van der Waals surface area (Å²) in [6.07, 6.45) is 3.73. The normalized spacial score (nSPS) is 28.2. The van der Waals surface area contributed by atoms with Gasteiger partial charge in [0.1, 0.15) is 12.4 Å². The predicted octanol–water partition coefficient (Wildman–Crippen LogP) is 1.20. The highest BCUT2D eigenvalue weighted by molar-refractivity contribution is 5.01. The molecule has 0 radical (unpaired) electrons. The molecule has 0 aromatic carbocycles. The Morgan fingerprint density at radius 2 is 2.38 bits per heavy atom. The molecule has 72 valence electrons. The van der Waals surface area contributed by atoms with Crippen molar-refractivity contribution in [3.8, 4) is 0 Å². The maximum atomic E-state index is 8.83. The molecule has 1 heterocycles. The van der Waals surface area contributed by atoms with E-state index in [2.05, 4.69) is 22.1 Å². The second-order valence-electron chi connectivity index (χ2n) is 3.81. The lowest BCUT2D eigenvalue weighted by Crippen LogP contribution is -2.04. The van der Waals surface area contributed by atoms with Crippen LogP contribution < -0.4 is 0 Å². The monoisotopic (exact) mass is 181 g/mol. The molecular weight excluding hydrogens is 166 g/mol. The highest BCUT2D eigenvalue weighted by Gasteiger charge is 2.27. The van der Waals surface area contributed by atoms with Crippen LogP contribution in [0.25, 0.3) is 0 Å². The number of nitrogens with zero attached hydrogens (tertiary/aromatic N) is 2. The smallest absolute Gasteiger partial charge is 0.154 e. The number of H-pyrrole nitrogens is 1. The van der Waals surface area contributed by atoms with Crippen LogP contribution in [0.1, 0.15) is 43.8 Å². The Balaban J connectivity index is 2.15. The summed E-state index contributed by atoms with van der Waals surface area (Å²) in [6.45, 7) is 2.20. The maximum Gasteiger partial charge on any atom is 0.154 e. The van der Waals surface area contributed by atoms with Crippen molar-refractivity contribution in [1.82, 2.24) is 15.2 Å². The third kappa shape index (κ3) is 1.58. The first-order chi connectivity index (χ1) is 6.31. The number of rotatable bonds is 2. The molecule has 0 bridgehead atoms. The second kappa shape index (κ2) is 3.46. The van der Waals surface area contributed by atoms with Crippen molar-refractivity contribution in [3.05, 3.63) is 11.6 Å². The van der Waals surface area contributed by atoms with Crippen LogP contribution >= 0.6 is 0 Å². The molecule has 1 aliphatic rings. The average molecular weight is 181 g/mol. The summed E-state index contributed by atoms with van der Waals surface area (Å²) in [7, 11) is 0. The quantitative estimate of drug-likeness (QED) is 0.720. The summed E-state index contributed by atoms with van der Waals surface area (Å²) in [5.41, 5.74) is 0. The van der Waals surface area contributed by atoms with Gasteiger partial charge in [-0.05, 0) is 18.8 Å². The zero-order valence-electron chi connectivity index (χ0n) is 7.82. The zero-order valence-corrected chi connectivity index (χ0v) is 7.82. The molecular formula is C9H15N3O. The van der Waals surface area contributed by atoms with Crippen LogP contribution in [0.5, 0.6) is 0 Å². The van der Waals surface area contributed by atoms with Gasteiger partial charge in [-0.2, -0.15) is 5.10 Å². The average Bonchev–Trinajstić information content (AvgIpc) is 2.71. The van der Waals surface area contributed by atoms with Crippen molar-refractivity contribution in [2.24, 2.45) is 5.92 Å². The number of aliphatic hydroxyl groups excluding tert-OH is 1. The maximum absolute atomic E-state index is 8.83. The number of nitrogens with one attached hydrogen (secondary N) is 1. The second-order valence-corrected chi connectivity index (χ2v) is 3.81. The Morgan fingerprint density at radius 1 is 1.54 bits per heavy atom. The Hall–Kier alpha value is -0.900. The summed E-state index contributed by atoms with van der Waals surface area (Å²) in [4.78, 5) is 4.24. The van der Waals surface area contributed by atoms with Crippen molar-refractivity contribution in [3.63, 3.8) is 0 Å². The van der Waals surface area contributed by atoms with Crippen LogP contribution in [0.2, 0.25) is 0 Å². The molecule has 4 heteroatoms. The molecule has 2 atom stereocenters. The standard InChI is InChI=1S/C9H15N3O/c1-6-3-2-4-7(6)9-10-8(5-13)11-12-9/h6-7,13H,2-5H2,1H3,(H,10,11,12). The fraction of sp³-hybridized carbons (Fsp3) is 0.778. The van der Waals surface area contributed by atoms with Gasteiger partial charge in [0.2, 0.25) is 0 Å². The van der Waals surface area contributed by atoms with E-state index in [-0.39, 0.29) is 6.61 Å². The summed E-state index contributed by atoms with van der Waals surface area (Å²) < 4.78 is 0. The molecule has 0 amide bonds. The Labute approximate surface area is 77.4 Å². The minimum atomic E-state index is -0.0475. The van der Waals surface area contributed by atoms with Gasteiger partial charge in [-0.15, -0.1) is 0 Å². The molecule has 4 nitrogen and oxygen atoms in total. The van der Waals surface area contributed by atoms with Gasteiger partial charge in [0.25, 0.3) is 0 Å². The van der Waals surface area contributed by atoms with E-state index in [4.69, 9.17) is 5.11 Å². The number of hydrogen-bond donors (Lipinski definition) is 2. The fourth-order valence-corrected chi connectivity index (χ4v) is 2.08. The van der Waals surface area contributed by atoms with Crippen molar-refractivity contribution in [2.75, 3.05) is 0 Å². The predicted molar refractivity (Wildman–Crippen MR) is 48.1 cm³/mol. The summed E-state index contributed by atoms with van der Waals surface area (Å²) in [6, 6.07) is 0. The molecule has 1 aromatic rings. The summed E-state index contributed by atoms with van der Waals surface area (Å²) in [5, 5.41) is 15.7. The van der Waals surface area contributed by atoms with E-state index in [0.29, 0.717) is 17.7 Å². The Morgan fingerprint density at radius 3 is 2.92 bits per heavy atom. The molecule has 0 aliphatic heterocycles. The molecule has 1 saturated carbocycles. The molecule has 0 saturated heterocycles. The van der Waals surface area contributed by atoms with E-state index < -0.39 is 0 Å². The van der Waals surface area contributed by atoms with E-state index in [0.717, 1.165) is 5.82 Å². The van der Waals surface area contributed by atoms with E-state index in [1.165, 1.54) is 19.3 Å². The van der Waals surface area contributed by atoms with Crippen molar-refractivity contribution in [2.45, 2.75) is 38.7 Å². The minimum absolute atomic E-state index is 0.0475. The van der Waals surface area contributed by atoms with Crippen molar-refractivity contribution >= 4 is 0 Å². The van der Waals surface area contributed by atoms with E-state index in [9.17, 15) is 0 Å². The lowest BCUT2D eigenvalue weighted by molar-refractivity contribution is 0.271. The highest BCUT2D eigenvalue weighted by atomic mass is 16.3. The van der Waals surface area contributed by atoms with E-state index in [1.54, 1.807) is 0 Å². The van der Waals surface area contributed by atoms with Gasteiger partial charge >= 0.3 is 0 Å². The van der Waals surface area contributed by atoms with Crippen molar-refractivity contribution in [1.29, 1.82) is 0 Å². The highest BCUT2D eigenvalue weighted by Crippen LogP contribution is 2.37. The molecule has 1 aliphatic carbocycles. The first-order valence-corrected chi connectivity index (χ1v) is 4.83. The van der Waals surface area contributed by atoms with Gasteiger partial charge in [0.15, 0.2) is 5.82 Å². The van der Waals surface area contributed by atoms with Gasteiger partial charge in [-0.25, -0.2) is 4.98 Å². The van der Waals surface area contributed by atoms with Crippen LogP contribution in [0.15, 0.2) is 0 Å². The van der Waals surface area contributed by atoms with Crippen LogP contribution in [0.3, 0.4) is 0 Å². The third-order valence-electron chi connectivity index (χ3n) is 2.89. The summed E-state index contributed by atoms with van der Waals surface area (Å²) >= 11 is 0. The van der Waals surface area contributed by atoms with Crippen LogP contribution in [-0.2, 0) is 6.61 Å². The number of hydrogen-bond acceptors (Lipinski definition) is 3. The topological polar surface area (TPSA) is 61.8 Å². The molecule has 2 unspecified atom stereocenters. The Kier molecular flexibility index (Phi) is 2.31. The molecule has 13 heavy (non-hydrogen) atoms. The van der Waals surface area contributed by atoms with Gasteiger partial charge in [0, 0.05) is 5.92 Å².